The molecule has 7 nitrogen and oxygen atoms in total. The van der Waals surface area contributed by atoms with Crippen LogP contribution >= 0.6 is 0 Å². The molecule has 0 saturated carbocycles. The quantitative estimate of drug-likeness (QED) is 0.577. The van der Waals surface area contributed by atoms with Crippen molar-refractivity contribution in [2.24, 2.45) is 5.73 Å². The smallest absolute Gasteiger partial charge is 0.354 e. The van der Waals surface area contributed by atoms with Crippen LogP contribution in [-0.4, -0.2) is 40.3 Å². The molecule has 0 amide bonds. The average Bonchev–Trinajstić information content (AvgIpc) is 2.85. The van der Waals surface area contributed by atoms with Crippen LogP contribution in [0.1, 0.15) is 0 Å². The van der Waals surface area contributed by atoms with Gasteiger partial charge in [-0.25, -0.2) is 4.79 Å². The molecule has 1 aromatic rings. The van der Waals surface area contributed by atoms with Crippen LogP contribution < -0.4 is 21.7 Å². The zero-order valence-electron chi connectivity index (χ0n) is 10.6. The molecule has 0 spiro atoms. The molecule has 1 aromatic heterocycles. The molecule has 2 aliphatic heterocycles. The summed E-state index contributed by atoms with van der Waals surface area (Å²) in [5, 5.41) is 11.9. The van der Waals surface area contributed by atoms with Crippen LogP contribution in [0, 0.1) is 0 Å². The van der Waals surface area contributed by atoms with Gasteiger partial charge < -0.3 is 15.6 Å². The normalized spacial score (nSPS) is 22.3. The van der Waals surface area contributed by atoms with E-state index < -0.39 is 5.97 Å². The Kier molecular flexibility index (Phi) is 3.03. The number of aromatic nitrogens is 1. The van der Waals surface area contributed by atoms with Crippen LogP contribution in [0.15, 0.2) is 30.6 Å². The molecule has 3 heterocycles. The Hall–Kier alpha value is -2.54. The number of nitrogens with one attached hydrogen (secondary N) is 1. The van der Waals surface area contributed by atoms with Crippen molar-refractivity contribution in [2.75, 3.05) is 13.2 Å². The van der Waals surface area contributed by atoms with Gasteiger partial charge in [0.1, 0.15) is 5.70 Å². The first-order chi connectivity index (χ1) is 9.65. The van der Waals surface area contributed by atoms with Crippen LogP contribution in [-0.2, 0) is 9.53 Å². The van der Waals surface area contributed by atoms with E-state index in [0.29, 0.717) is 19.3 Å². The Morgan fingerprint density at radius 1 is 1.50 bits per heavy atom. The molecule has 0 aromatic carbocycles. The average molecular weight is 274 g/mol. The molecule has 0 radical (unpaired) electrons. The molecule has 2 aliphatic rings. The lowest BCUT2D eigenvalue weighted by molar-refractivity contribution is -0.130. The molecule has 20 heavy (non-hydrogen) atoms. The van der Waals surface area contributed by atoms with Gasteiger partial charge in [-0.2, -0.15) is 0 Å². The van der Waals surface area contributed by atoms with Gasteiger partial charge in [0.15, 0.2) is 0 Å². The van der Waals surface area contributed by atoms with Crippen molar-refractivity contribution in [3.05, 3.63) is 41.2 Å². The van der Waals surface area contributed by atoms with Gasteiger partial charge in [0.05, 0.1) is 30.3 Å². The van der Waals surface area contributed by atoms with Crippen molar-refractivity contribution < 1.29 is 14.6 Å². The number of nitrogens with zero attached hydrogens (tertiary/aromatic N) is 2. The van der Waals surface area contributed by atoms with Gasteiger partial charge in [-0.3, -0.25) is 15.4 Å². The van der Waals surface area contributed by atoms with Crippen LogP contribution in [0.3, 0.4) is 0 Å². The lowest BCUT2D eigenvalue weighted by Crippen LogP contribution is -2.50. The van der Waals surface area contributed by atoms with Crippen molar-refractivity contribution in [2.45, 2.75) is 6.04 Å². The number of hydrogen-bond acceptors (Lipinski definition) is 6. The highest BCUT2D eigenvalue weighted by Crippen LogP contribution is 2.14. The number of rotatable bonds is 2. The molecule has 3 rings (SSSR count). The summed E-state index contributed by atoms with van der Waals surface area (Å²) in [4.78, 5) is 14.8. The second-order valence-electron chi connectivity index (χ2n) is 4.59. The maximum absolute atomic E-state index is 10.7. The molecule has 0 atom stereocenters. The number of carbonyl (C=O) groups is 1. The van der Waals surface area contributed by atoms with Crippen LogP contribution in [0.4, 0.5) is 0 Å². The number of hydrazine groups is 1. The van der Waals surface area contributed by atoms with Gasteiger partial charge >= 0.3 is 5.97 Å². The lowest BCUT2D eigenvalue weighted by Gasteiger charge is -2.34. The van der Waals surface area contributed by atoms with Crippen molar-refractivity contribution in [1.82, 2.24) is 15.4 Å². The first-order valence-corrected chi connectivity index (χ1v) is 6.15. The summed E-state index contributed by atoms with van der Waals surface area (Å²) in [7, 11) is 0. The summed E-state index contributed by atoms with van der Waals surface area (Å²) in [6.07, 6.45) is 5.49. The van der Waals surface area contributed by atoms with E-state index in [1.165, 1.54) is 0 Å². The second kappa shape index (κ2) is 4.86. The minimum atomic E-state index is -1.17. The number of nitrogens with two attached hydrogens (primary N) is 1. The van der Waals surface area contributed by atoms with Gasteiger partial charge in [-0.15, -0.1) is 0 Å². The summed E-state index contributed by atoms with van der Waals surface area (Å²) in [6.45, 7) is 1.43. The first-order valence-electron chi connectivity index (χ1n) is 6.15. The molecule has 0 aliphatic carbocycles. The third-order valence-electron chi connectivity index (χ3n) is 3.25. The van der Waals surface area contributed by atoms with E-state index in [1.54, 1.807) is 18.3 Å². The molecule has 104 valence electrons. The van der Waals surface area contributed by atoms with Gasteiger partial charge in [0.2, 0.25) is 0 Å². The maximum atomic E-state index is 10.7. The summed E-state index contributed by atoms with van der Waals surface area (Å²) >= 11 is 0. The molecule has 1 saturated heterocycles. The number of pyridine rings is 1. The summed E-state index contributed by atoms with van der Waals surface area (Å²) < 4.78 is 5.14. The first kappa shape index (κ1) is 12.5. The third-order valence-corrected chi connectivity index (χ3v) is 3.25. The Balaban J connectivity index is 1.88. The van der Waals surface area contributed by atoms with E-state index in [9.17, 15) is 4.79 Å². The summed E-state index contributed by atoms with van der Waals surface area (Å²) in [6, 6.07) is 3.73. The minimum absolute atomic E-state index is 0.257. The number of carboxylic acid groups (broad SMARTS) is 1. The summed E-state index contributed by atoms with van der Waals surface area (Å²) in [5.74, 6) is -1.17. The second-order valence-corrected chi connectivity index (χ2v) is 4.59. The van der Waals surface area contributed by atoms with E-state index in [2.05, 4.69) is 10.4 Å². The van der Waals surface area contributed by atoms with E-state index in [4.69, 9.17) is 15.6 Å². The van der Waals surface area contributed by atoms with Gasteiger partial charge in [0.25, 0.3) is 0 Å². The number of hydrogen-bond donors (Lipinski definition) is 3. The maximum Gasteiger partial charge on any atom is 0.354 e. The van der Waals surface area contributed by atoms with E-state index in [0.717, 1.165) is 10.9 Å². The van der Waals surface area contributed by atoms with Gasteiger partial charge in [0, 0.05) is 17.6 Å². The van der Waals surface area contributed by atoms with Crippen LogP contribution in [0.25, 0.3) is 11.4 Å². The predicted octanol–water partition coefficient (Wildman–Crippen LogP) is -1.93. The highest BCUT2D eigenvalue weighted by atomic mass is 16.5. The molecular formula is C13H14N4O3. The topological polar surface area (TPSA) is 101 Å². The molecule has 7 heteroatoms. The Morgan fingerprint density at radius 3 is 2.85 bits per heavy atom. The Bertz CT molecular complexity index is 671. The molecular weight excluding hydrogens is 260 g/mol. The minimum Gasteiger partial charge on any atom is -0.477 e. The van der Waals surface area contributed by atoms with Gasteiger partial charge in [-0.05, 0) is 18.2 Å². The van der Waals surface area contributed by atoms with E-state index in [-0.39, 0.29) is 11.0 Å². The highest BCUT2D eigenvalue weighted by Gasteiger charge is 2.26. The van der Waals surface area contributed by atoms with Crippen molar-refractivity contribution in [3.63, 3.8) is 0 Å². The lowest BCUT2D eigenvalue weighted by atomic mass is 10.2. The molecule has 4 N–H and O–H groups in total. The highest BCUT2D eigenvalue weighted by molar-refractivity contribution is 6.06. The fourth-order valence-electron chi connectivity index (χ4n) is 1.95. The fourth-order valence-corrected chi connectivity index (χ4v) is 1.95. The zero-order valence-corrected chi connectivity index (χ0v) is 10.6. The molecule has 0 unspecified atom stereocenters. The SMILES string of the molecule is N/C(C(=O)O)=c1/cc/c(=C2/C=CN(C3COC3)N2)cn1. The van der Waals surface area contributed by atoms with Crippen molar-refractivity contribution in [1.29, 1.82) is 0 Å². The fraction of sp³-hybridized carbons (Fsp3) is 0.231. The standard InChI is InChI=1S/C13H14N4O3/c14-12(13(18)19)11-2-1-8(5-15-11)10-3-4-17(16-10)9-6-20-7-9/h1-5,9,16H,6-7,14H2,(H,18,19)/b10-8+,12-11-. The molecule has 0 bridgehead atoms. The molecule has 1 fully saturated rings. The summed E-state index contributed by atoms with van der Waals surface area (Å²) in [5.41, 5.74) is 9.32. The van der Waals surface area contributed by atoms with Crippen molar-refractivity contribution in [3.8, 4) is 0 Å². The number of ether oxygens (including phenoxy) is 1. The van der Waals surface area contributed by atoms with Crippen LogP contribution in [0.2, 0.25) is 0 Å². The predicted molar refractivity (Wildman–Crippen MR) is 70.8 cm³/mol. The third kappa shape index (κ3) is 2.19. The largest absolute Gasteiger partial charge is 0.477 e. The van der Waals surface area contributed by atoms with E-state index >= 15 is 0 Å². The Morgan fingerprint density at radius 2 is 2.30 bits per heavy atom. The van der Waals surface area contributed by atoms with Crippen LogP contribution in [0.5, 0.6) is 0 Å². The number of aliphatic carboxylic acids is 1. The number of carboxylic acids is 1. The monoisotopic (exact) mass is 274 g/mol. The van der Waals surface area contributed by atoms with E-state index in [1.807, 2.05) is 17.3 Å². The zero-order chi connectivity index (χ0) is 14.1. The Labute approximate surface area is 114 Å². The van der Waals surface area contributed by atoms with Gasteiger partial charge in [-0.1, -0.05) is 0 Å². The van der Waals surface area contributed by atoms with Crippen molar-refractivity contribution >= 4 is 17.4 Å².